The van der Waals surface area contributed by atoms with Gasteiger partial charge in [0, 0.05) is 11.6 Å². The fourth-order valence-corrected chi connectivity index (χ4v) is 1.93. The van der Waals surface area contributed by atoms with Gasteiger partial charge in [-0.1, -0.05) is 24.0 Å². The van der Waals surface area contributed by atoms with Gasteiger partial charge in [0.05, 0.1) is 12.1 Å². The van der Waals surface area contributed by atoms with Crippen LogP contribution < -0.4 is 11.1 Å². The smallest absolute Gasteiger partial charge is 0.252 e. The summed E-state index contributed by atoms with van der Waals surface area (Å²) < 4.78 is 0. The van der Waals surface area contributed by atoms with Gasteiger partial charge in [0.1, 0.15) is 0 Å². The number of nitrogens with two attached hydrogens (primary N) is 1. The van der Waals surface area contributed by atoms with Crippen molar-refractivity contribution in [2.45, 2.75) is 25.8 Å². The lowest BCUT2D eigenvalue weighted by Crippen LogP contribution is -2.34. The Kier molecular flexibility index (Phi) is 4.01. The van der Waals surface area contributed by atoms with Crippen LogP contribution in [-0.4, -0.2) is 18.5 Å². The van der Waals surface area contributed by atoms with Crippen LogP contribution in [0.5, 0.6) is 0 Å². The van der Waals surface area contributed by atoms with Gasteiger partial charge in [0.25, 0.3) is 5.91 Å². The molecule has 3 N–H and O–H groups in total. The Morgan fingerprint density at radius 3 is 2.89 bits per heavy atom. The molecule has 3 heteroatoms. The molecule has 0 spiro atoms. The van der Waals surface area contributed by atoms with Crippen LogP contribution in [0, 0.1) is 17.8 Å². The normalized spacial score (nSPS) is 15.4. The van der Waals surface area contributed by atoms with E-state index in [4.69, 9.17) is 5.73 Å². The van der Waals surface area contributed by atoms with Gasteiger partial charge >= 0.3 is 0 Å². The van der Waals surface area contributed by atoms with E-state index >= 15 is 0 Å². The molecular weight excluding hydrogens is 224 g/mol. The molecule has 94 valence electrons. The predicted molar refractivity (Wildman–Crippen MR) is 72.0 cm³/mol. The maximum Gasteiger partial charge on any atom is 0.252 e. The molecular formula is C15H18N2O. The molecule has 1 saturated carbocycles. The van der Waals surface area contributed by atoms with E-state index in [1.807, 2.05) is 18.2 Å². The number of hydrogen-bond donors (Lipinski definition) is 2. The third-order valence-electron chi connectivity index (χ3n) is 3.18. The molecule has 0 radical (unpaired) electrons. The van der Waals surface area contributed by atoms with Crippen molar-refractivity contribution in [1.82, 2.24) is 5.32 Å². The number of amides is 1. The highest BCUT2D eigenvalue weighted by molar-refractivity contribution is 5.96. The second-order valence-electron chi connectivity index (χ2n) is 4.65. The van der Waals surface area contributed by atoms with Crippen molar-refractivity contribution >= 4 is 5.91 Å². The second kappa shape index (κ2) is 5.70. The van der Waals surface area contributed by atoms with Crippen molar-refractivity contribution in [3.63, 3.8) is 0 Å². The van der Waals surface area contributed by atoms with Crippen LogP contribution in [0.2, 0.25) is 0 Å². The summed E-state index contributed by atoms with van der Waals surface area (Å²) in [5.41, 5.74) is 6.73. The van der Waals surface area contributed by atoms with Crippen molar-refractivity contribution in [3.8, 4) is 11.8 Å². The molecule has 1 fully saturated rings. The minimum Gasteiger partial charge on any atom is -0.349 e. The van der Waals surface area contributed by atoms with Crippen molar-refractivity contribution in [2.24, 2.45) is 11.7 Å². The lowest BCUT2D eigenvalue weighted by atomic mass is 10.1. The Bertz CT molecular complexity index is 495. The Morgan fingerprint density at radius 2 is 2.22 bits per heavy atom. The van der Waals surface area contributed by atoms with Crippen LogP contribution in [0.15, 0.2) is 24.3 Å². The van der Waals surface area contributed by atoms with Crippen LogP contribution in [0.4, 0.5) is 0 Å². The molecule has 18 heavy (non-hydrogen) atoms. The maximum absolute atomic E-state index is 12.2. The first kappa shape index (κ1) is 12.7. The van der Waals surface area contributed by atoms with E-state index in [0.29, 0.717) is 18.0 Å². The summed E-state index contributed by atoms with van der Waals surface area (Å²) in [4.78, 5) is 12.2. The van der Waals surface area contributed by atoms with Crippen LogP contribution in [-0.2, 0) is 0 Å². The molecule has 1 aliphatic carbocycles. The molecule has 0 saturated heterocycles. The van der Waals surface area contributed by atoms with Gasteiger partial charge in [-0.25, -0.2) is 0 Å². The highest BCUT2D eigenvalue weighted by atomic mass is 16.1. The lowest BCUT2D eigenvalue weighted by molar-refractivity contribution is 0.0935. The molecule has 1 amide bonds. The van der Waals surface area contributed by atoms with Crippen molar-refractivity contribution in [1.29, 1.82) is 0 Å². The van der Waals surface area contributed by atoms with E-state index in [1.165, 1.54) is 12.8 Å². The van der Waals surface area contributed by atoms with Gasteiger partial charge in [-0.15, -0.1) is 0 Å². The number of nitrogens with one attached hydrogen (secondary N) is 1. The third kappa shape index (κ3) is 3.12. The first-order chi connectivity index (χ1) is 8.72. The first-order valence-corrected chi connectivity index (χ1v) is 6.31. The zero-order chi connectivity index (χ0) is 13.0. The Balaban J connectivity index is 2.13. The van der Waals surface area contributed by atoms with Crippen LogP contribution in [0.25, 0.3) is 0 Å². The van der Waals surface area contributed by atoms with Gasteiger partial charge in [-0.05, 0) is 37.8 Å². The Morgan fingerprint density at radius 1 is 1.50 bits per heavy atom. The van der Waals surface area contributed by atoms with E-state index in [2.05, 4.69) is 24.1 Å². The van der Waals surface area contributed by atoms with Crippen LogP contribution >= 0.6 is 0 Å². The summed E-state index contributed by atoms with van der Waals surface area (Å²) in [6.45, 7) is 2.36. The number of carbonyl (C=O) groups is 1. The van der Waals surface area contributed by atoms with Crippen LogP contribution in [0.3, 0.4) is 0 Å². The summed E-state index contributed by atoms with van der Waals surface area (Å²) >= 11 is 0. The summed E-state index contributed by atoms with van der Waals surface area (Å²) in [5, 5.41) is 3.04. The largest absolute Gasteiger partial charge is 0.349 e. The maximum atomic E-state index is 12.2. The minimum absolute atomic E-state index is 0.0451. The SMILES string of the molecule is CC(NC(=O)c1ccccc1C#CCN)C1CC1. The quantitative estimate of drug-likeness (QED) is 0.790. The van der Waals surface area contributed by atoms with E-state index < -0.39 is 0 Å². The molecule has 1 aliphatic rings. The van der Waals surface area contributed by atoms with E-state index in [9.17, 15) is 4.79 Å². The Labute approximate surface area is 108 Å². The molecule has 1 atom stereocenters. The van der Waals surface area contributed by atoms with Gasteiger partial charge < -0.3 is 11.1 Å². The van der Waals surface area contributed by atoms with E-state index in [1.54, 1.807) is 6.07 Å². The standard InChI is InChI=1S/C15H18N2O/c1-11(12-8-9-12)17-15(18)14-7-3-2-5-13(14)6-4-10-16/h2-3,5,7,11-12H,8-10,16H2,1H3,(H,17,18). The molecule has 0 heterocycles. The summed E-state index contributed by atoms with van der Waals surface area (Å²) in [7, 11) is 0. The van der Waals surface area contributed by atoms with Crippen molar-refractivity contribution < 1.29 is 4.79 Å². The topological polar surface area (TPSA) is 55.1 Å². The van der Waals surface area contributed by atoms with E-state index in [0.717, 1.165) is 5.56 Å². The van der Waals surface area contributed by atoms with Gasteiger partial charge in [-0.3, -0.25) is 4.79 Å². The van der Waals surface area contributed by atoms with Crippen molar-refractivity contribution in [2.75, 3.05) is 6.54 Å². The number of benzene rings is 1. The van der Waals surface area contributed by atoms with E-state index in [-0.39, 0.29) is 11.9 Å². The molecule has 2 rings (SSSR count). The average molecular weight is 242 g/mol. The number of hydrogen-bond acceptors (Lipinski definition) is 2. The summed E-state index contributed by atoms with van der Waals surface area (Å²) in [5.74, 6) is 6.33. The first-order valence-electron chi connectivity index (χ1n) is 6.31. The van der Waals surface area contributed by atoms with Gasteiger partial charge in [0.2, 0.25) is 0 Å². The minimum atomic E-state index is -0.0451. The molecule has 0 bridgehead atoms. The third-order valence-corrected chi connectivity index (χ3v) is 3.18. The fraction of sp³-hybridized carbons (Fsp3) is 0.400. The predicted octanol–water partition coefficient (Wildman–Crippen LogP) is 1.53. The number of rotatable bonds is 3. The molecule has 0 aliphatic heterocycles. The highest BCUT2D eigenvalue weighted by Crippen LogP contribution is 2.32. The molecule has 1 aromatic carbocycles. The summed E-state index contributed by atoms with van der Waals surface area (Å²) in [6.07, 6.45) is 2.44. The number of carbonyl (C=O) groups excluding carboxylic acids is 1. The monoisotopic (exact) mass is 242 g/mol. The van der Waals surface area contributed by atoms with Crippen LogP contribution in [0.1, 0.15) is 35.7 Å². The molecule has 3 nitrogen and oxygen atoms in total. The fourth-order valence-electron chi connectivity index (χ4n) is 1.93. The zero-order valence-corrected chi connectivity index (χ0v) is 10.6. The van der Waals surface area contributed by atoms with Gasteiger partial charge in [0.15, 0.2) is 0 Å². The van der Waals surface area contributed by atoms with Crippen molar-refractivity contribution in [3.05, 3.63) is 35.4 Å². The lowest BCUT2D eigenvalue weighted by Gasteiger charge is -2.13. The Hall–Kier alpha value is -1.79. The summed E-state index contributed by atoms with van der Waals surface area (Å²) in [6, 6.07) is 7.62. The van der Waals surface area contributed by atoms with Gasteiger partial charge in [-0.2, -0.15) is 0 Å². The highest BCUT2D eigenvalue weighted by Gasteiger charge is 2.29. The molecule has 0 aromatic heterocycles. The molecule has 1 aromatic rings. The average Bonchev–Trinajstić information content (AvgIpc) is 3.20. The molecule has 1 unspecified atom stereocenters. The zero-order valence-electron chi connectivity index (χ0n) is 10.6. The second-order valence-corrected chi connectivity index (χ2v) is 4.65.